The minimum atomic E-state index is 0.187. The first-order valence-electron chi connectivity index (χ1n) is 9.41. The third kappa shape index (κ3) is 4.73. The second-order valence-corrected chi connectivity index (χ2v) is 6.23. The van der Waals surface area contributed by atoms with E-state index >= 15 is 0 Å². The van der Waals surface area contributed by atoms with Crippen LogP contribution >= 0.6 is 0 Å². The molecule has 6 heteroatoms. The van der Waals surface area contributed by atoms with Gasteiger partial charge in [0.1, 0.15) is 11.5 Å². The van der Waals surface area contributed by atoms with Crippen molar-refractivity contribution in [3.8, 4) is 22.6 Å². The average molecular weight is 387 g/mol. The molecular weight excluding hydrogens is 366 g/mol. The number of rotatable bonds is 8. The minimum Gasteiger partial charge on any atom is -0.492 e. The first-order chi connectivity index (χ1) is 14.3. The molecule has 1 N–H and O–H groups in total. The highest BCUT2D eigenvalue weighted by molar-refractivity contribution is 5.64. The summed E-state index contributed by atoms with van der Waals surface area (Å²) in [6, 6.07) is 26.0. The number of para-hydroxylation sites is 2. The molecule has 0 saturated carbocycles. The molecule has 0 fully saturated rings. The van der Waals surface area contributed by atoms with E-state index in [1.807, 2.05) is 73.7 Å². The van der Waals surface area contributed by atoms with Crippen molar-refractivity contribution in [1.29, 1.82) is 0 Å². The smallest absolute Gasteiger partial charge is 0.320 e. The van der Waals surface area contributed by atoms with Crippen LogP contribution < -0.4 is 14.8 Å². The van der Waals surface area contributed by atoms with Gasteiger partial charge in [-0.15, -0.1) is 5.10 Å². The molecule has 0 unspecified atom stereocenters. The number of aromatic nitrogens is 2. The van der Waals surface area contributed by atoms with Gasteiger partial charge in [-0.2, -0.15) is 0 Å². The Bertz CT molecular complexity index is 1050. The number of anilines is 2. The molecule has 1 heterocycles. The van der Waals surface area contributed by atoms with Gasteiger partial charge in [0.2, 0.25) is 0 Å². The van der Waals surface area contributed by atoms with Crippen molar-refractivity contribution in [2.45, 2.75) is 13.5 Å². The summed E-state index contributed by atoms with van der Waals surface area (Å²) in [6.45, 7) is 2.70. The molecule has 0 aliphatic rings. The molecule has 0 atom stereocenters. The number of nitrogens with one attached hydrogen (secondary N) is 1. The molecule has 0 radical (unpaired) electrons. The van der Waals surface area contributed by atoms with Crippen LogP contribution in [0, 0.1) is 0 Å². The second kappa shape index (κ2) is 8.93. The molecule has 0 spiro atoms. The minimum absolute atomic E-state index is 0.187. The molecule has 0 aliphatic carbocycles. The van der Waals surface area contributed by atoms with Gasteiger partial charge in [0.05, 0.1) is 12.3 Å². The predicted molar refractivity (Wildman–Crippen MR) is 111 cm³/mol. The highest BCUT2D eigenvalue weighted by Gasteiger charge is 2.10. The number of ether oxygens (including phenoxy) is 2. The third-order valence-corrected chi connectivity index (χ3v) is 4.22. The van der Waals surface area contributed by atoms with Crippen LogP contribution in [0.2, 0.25) is 0 Å². The standard InChI is InChI=1S/C23H21N3O3/c1-2-27-21-11-7-6-10-20(21)24-23-26-25-22(29-23)16-28-19-14-12-18(13-15-19)17-8-4-3-5-9-17/h3-15H,2,16H2,1H3,(H,24,26). The average Bonchev–Trinajstić information content (AvgIpc) is 3.22. The summed E-state index contributed by atoms with van der Waals surface area (Å²) < 4.78 is 17.0. The molecule has 29 heavy (non-hydrogen) atoms. The maximum atomic E-state index is 5.76. The largest absolute Gasteiger partial charge is 0.492 e. The zero-order valence-corrected chi connectivity index (χ0v) is 16.0. The van der Waals surface area contributed by atoms with Gasteiger partial charge in [-0.05, 0) is 42.3 Å². The highest BCUT2D eigenvalue weighted by Crippen LogP contribution is 2.27. The fourth-order valence-electron chi connectivity index (χ4n) is 2.85. The summed E-state index contributed by atoms with van der Waals surface area (Å²) in [5.41, 5.74) is 3.07. The maximum Gasteiger partial charge on any atom is 0.320 e. The second-order valence-electron chi connectivity index (χ2n) is 6.23. The van der Waals surface area contributed by atoms with Gasteiger partial charge >= 0.3 is 6.01 Å². The van der Waals surface area contributed by atoms with Crippen molar-refractivity contribution in [2.24, 2.45) is 0 Å². The van der Waals surface area contributed by atoms with Crippen molar-refractivity contribution >= 4 is 11.7 Å². The Kier molecular flexibility index (Phi) is 5.71. The van der Waals surface area contributed by atoms with Crippen LogP contribution in [-0.4, -0.2) is 16.8 Å². The van der Waals surface area contributed by atoms with Crippen LogP contribution in [0.3, 0.4) is 0 Å². The van der Waals surface area contributed by atoms with Gasteiger partial charge in [-0.25, -0.2) is 0 Å². The zero-order chi connectivity index (χ0) is 19.9. The Balaban J connectivity index is 1.36. The first kappa shape index (κ1) is 18.6. The van der Waals surface area contributed by atoms with Gasteiger partial charge in [0, 0.05) is 0 Å². The normalized spacial score (nSPS) is 10.5. The molecule has 3 aromatic carbocycles. The van der Waals surface area contributed by atoms with Crippen LogP contribution in [0.1, 0.15) is 12.8 Å². The zero-order valence-electron chi connectivity index (χ0n) is 16.0. The molecule has 0 bridgehead atoms. The van der Waals surface area contributed by atoms with Crippen molar-refractivity contribution < 1.29 is 13.9 Å². The summed E-state index contributed by atoms with van der Waals surface area (Å²) in [6.07, 6.45) is 0. The maximum absolute atomic E-state index is 5.76. The van der Waals surface area contributed by atoms with E-state index in [1.54, 1.807) is 0 Å². The van der Waals surface area contributed by atoms with Gasteiger partial charge in [-0.1, -0.05) is 59.7 Å². The van der Waals surface area contributed by atoms with Crippen LogP contribution in [0.25, 0.3) is 11.1 Å². The Hall–Kier alpha value is -3.80. The number of hydrogen-bond acceptors (Lipinski definition) is 6. The predicted octanol–water partition coefficient (Wildman–Crippen LogP) is 5.46. The monoisotopic (exact) mass is 387 g/mol. The third-order valence-electron chi connectivity index (χ3n) is 4.22. The molecule has 0 aliphatic heterocycles. The van der Waals surface area contributed by atoms with Crippen LogP contribution in [0.5, 0.6) is 11.5 Å². The van der Waals surface area contributed by atoms with E-state index in [4.69, 9.17) is 13.9 Å². The van der Waals surface area contributed by atoms with Crippen molar-refractivity contribution in [1.82, 2.24) is 10.2 Å². The molecule has 6 nitrogen and oxygen atoms in total. The van der Waals surface area contributed by atoms with Gasteiger partial charge in [-0.3, -0.25) is 0 Å². The lowest BCUT2D eigenvalue weighted by Gasteiger charge is -2.09. The molecule has 4 rings (SSSR count). The summed E-state index contributed by atoms with van der Waals surface area (Å²) in [5.74, 6) is 1.84. The molecule has 4 aromatic rings. The van der Waals surface area contributed by atoms with Crippen molar-refractivity contribution in [2.75, 3.05) is 11.9 Å². The summed E-state index contributed by atoms with van der Waals surface area (Å²) in [5, 5.41) is 11.1. The van der Waals surface area contributed by atoms with E-state index < -0.39 is 0 Å². The fraction of sp³-hybridized carbons (Fsp3) is 0.130. The quantitative estimate of drug-likeness (QED) is 0.433. The Morgan fingerprint density at radius 1 is 0.793 bits per heavy atom. The number of nitrogens with zero attached hydrogens (tertiary/aromatic N) is 2. The van der Waals surface area contributed by atoms with E-state index in [9.17, 15) is 0 Å². The molecule has 0 amide bonds. The lowest BCUT2D eigenvalue weighted by Crippen LogP contribution is -1.97. The number of benzene rings is 3. The topological polar surface area (TPSA) is 69.4 Å². The summed E-state index contributed by atoms with van der Waals surface area (Å²) in [4.78, 5) is 0. The molecular formula is C23H21N3O3. The first-order valence-corrected chi connectivity index (χ1v) is 9.41. The molecule has 0 saturated heterocycles. The fourth-order valence-corrected chi connectivity index (χ4v) is 2.85. The van der Waals surface area contributed by atoms with Gasteiger partial charge in [0.15, 0.2) is 6.61 Å². The Labute approximate surface area is 169 Å². The summed E-state index contributed by atoms with van der Waals surface area (Å²) in [7, 11) is 0. The Morgan fingerprint density at radius 2 is 1.52 bits per heavy atom. The molecule has 1 aromatic heterocycles. The van der Waals surface area contributed by atoms with Gasteiger partial charge < -0.3 is 19.2 Å². The van der Waals surface area contributed by atoms with E-state index in [-0.39, 0.29) is 12.6 Å². The van der Waals surface area contributed by atoms with E-state index in [0.717, 1.165) is 22.7 Å². The molecule has 146 valence electrons. The highest BCUT2D eigenvalue weighted by atomic mass is 16.5. The van der Waals surface area contributed by atoms with Crippen LogP contribution in [0.15, 0.2) is 83.3 Å². The Morgan fingerprint density at radius 3 is 2.31 bits per heavy atom. The SMILES string of the molecule is CCOc1ccccc1Nc1nnc(COc2ccc(-c3ccccc3)cc2)o1. The summed E-state index contributed by atoms with van der Waals surface area (Å²) >= 11 is 0. The lowest BCUT2D eigenvalue weighted by atomic mass is 10.1. The van der Waals surface area contributed by atoms with E-state index in [0.29, 0.717) is 12.5 Å². The van der Waals surface area contributed by atoms with Crippen LogP contribution in [-0.2, 0) is 6.61 Å². The van der Waals surface area contributed by atoms with Crippen molar-refractivity contribution in [3.63, 3.8) is 0 Å². The van der Waals surface area contributed by atoms with Crippen LogP contribution in [0.4, 0.5) is 11.7 Å². The van der Waals surface area contributed by atoms with E-state index in [2.05, 4.69) is 27.6 Å². The van der Waals surface area contributed by atoms with Crippen molar-refractivity contribution in [3.05, 3.63) is 84.8 Å². The lowest BCUT2D eigenvalue weighted by molar-refractivity contribution is 0.265. The number of hydrogen-bond donors (Lipinski definition) is 1. The van der Waals surface area contributed by atoms with Gasteiger partial charge in [0.25, 0.3) is 5.89 Å². The van der Waals surface area contributed by atoms with E-state index in [1.165, 1.54) is 5.56 Å².